The van der Waals surface area contributed by atoms with E-state index < -0.39 is 12.0 Å². The van der Waals surface area contributed by atoms with Crippen LogP contribution in [-0.2, 0) is 4.79 Å². The van der Waals surface area contributed by atoms with Crippen LogP contribution in [0.2, 0.25) is 0 Å². The lowest BCUT2D eigenvalue weighted by Crippen LogP contribution is -2.29. The summed E-state index contributed by atoms with van der Waals surface area (Å²) in [5, 5.41) is 8.65. The van der Waals surface area contributed by atoms with Crippen LogP contribution in [0.15, 0.2) is 4.99 Å². The first-order valence-electron chi connectivity index (χ1n) is 3.75. The van der Waals surface area contributed by atoms with Gasteiger partial charge in [0.05, 0.1) is 0 Å². The number of aliphatic carboxylic acids is 1. The summed E-state index contributed by atoms with van der Waals surface area (Å²) < 4.78 is 0. The van der Waals surface area contributed by atoms with Gasteiger partial charge in [0.15, 0.2) is 12.0 Å². The van der Waals surface area contributed by atoms with E-state index in [-0.39, 0.29) is 11.9 Å². The van der Waals surface area contributed by atoms with Gasteiger partial charge in [-0.15, -0.1) is 0 Å². The zero-order valence-electron chi connectivity index (χ0n) is 7.32. The molecule has 0 bridgehead atoms. The monoisotopic (exact) mass is 173 g/mol. The van der Waals surface area contributed by atoms with Gasteiger partial charge in [-0.1, -0.05) is 13.8 Å². The van der Waals surface area contributed by atoms with Gasteiger partial charge in [0.2, 0.25) is 0 Å². The number of nitrogens with two attached hydrogens (primary N) is 2. The first kappa shape index (κ1) is 10.7. The molecular weight excluding hydrogens is 158 g/mol. The van der Waals surface area contributed by atoms with Crippen molar-refractivity contribution >= 4 is 11.9 Å². The molecule has 5 N–H and O–H groups in total. The molecule has 0 aromatic rings. The summed E-state index contributed by atoms with van der Waals surface area (Å²) in [7, 11) is 0. The minimum absolute atomic E-state index is 0.178. The van der Waals surface area contributed by atoms with Crippen molar-refractivity contribution in [1.29, 1.82) is 0 Å². The molecule has 5 nitrogen and oxygen atoms in total. The third-order valence-electron chi connectivity index (χ3n) is 1.28. The summed E-state index contributed by atoms with van der Waals surface area (Å²) in [6.07, 6.45) is 0.452. The number of nitrogens with zero attached hydrogens (tertiary/aromatic N) is 1. The maximum atomic E-state index is 10.6. The Bertz CT molecular complexity index is 185. The van der Waals surface area contributed by atoms with Gasteiger partial charge in [-0.2, -0.15) is 0 Å². The smallest absolute Gasteiger partial charge is 0.328 e. The van der Waals surface area contributed by atoms with Gasteiger partial charge in [-0.25, -0.2) is 9.79 Å². The Morgan fingerprint density at radius 1 is 1.50 bits per heavy atom. The Balaban J connectivity index is 4.25. The molecule has 0 unspecified atom stereocenters. The lowest BCUT2D eigenvalue weighted by Gasteiger charge is -2.09. The SMILES string of the molecule is CC(C)C[C@@H](N=C(N)N)C(=O)O. The Labute approximate surface area is 71.5 Å². The van der Waals surface area contributed by atoms with E-state index in [2.05, 4.69) is 4.99 Å². The molecule has 0 amide bonds. The van der Waals surface area contributed by atoms with Crippen molar-refractivity contribution in [2.24, 2.45) is 22.4 Å². The number of guanidine groups is 1. The van der Waals surface area contributed by atoms with Crippen LogP contribution in [-0.4, -0.2) is 23.1 Å². The molecule has 0 aliphatic carbocycles. The second kappa shape index (κ2) is 4.58. The first-order chi connectivity index (χ1) is 5.43. The second-order valence-electron chi connectivity index (χ2n) is 3.04. The Kier molecular flexibility index (Phi) is 4.10. The van der Waals surface area contributed by atoms with Gasteiger partial charge >= 0.3 is 5.97 Å². The standard InChI is InChI=1S/C7H15N3O2/c1-4(2)3-5(6(11)12)10-7(8)9/h4-5H,3H2,1-2H3,(H,11,12)(H4,8,9,10)/t5-/m1/s1. The minimum Gasteiger partial charge on any atom is -0.480 e. The molecule has 0 radical (unpaired) electrons. The first-order valence-corrected chi connectivity index (χ1v) is 3.75. The largest absolute Gasteiger partial charge is 0.480 e. The average molecular weight is 173 g/mol. The van der Waals surface area contributed by atoms with Crippen LogP contribution in [0.3, 0.4) is 0 Å². The molecule has 12 heavy (non-hydrogen) atoms. The molecule has 0 aromatic carbocycles. The van der Waals surface area contributed by atoms with Crippen molar-refractivity contribution in [1.82, 2.24) is 0 Å². The number of carboxylic acid groups (broad SMARTS) is 1. The third-order valence-corrected chi connectivity index (χ3v) is 1.28. The number of hydrogen-bond acceptors (Lipinski definition) is 2. The zero-order valence-corrected chi connectivity index (χ0v) is 7.32. The fourth-order valence-electron chi connectivity index (χ4n) is 0.835. The quantitative estimate of drug-likeness (QED) is 0.403. The molecule has 70 valence electrons. The number of aliphatic imine (C=N–C) groups is 1. The topological polar surface area (TPSA) is 102 Å². The van der Waals surface area contributed by atoms with E-state index in [1.54, 1.807) is 0 Å². The van der Waals surface area contributed by atoms with E-state index in [0.717, 1.165) is 0 Å². The number of carboxylic acids is 1. The van der Waals surface area contributed by atoms with Crippen molar-refractivity contribution in [2.45, 2.75) is 26.3 Å². The molecule has 0 saturated heterocycles. The van der Waals surface area contributed by atoms with E-state index >= 15 is 0 Å². The highest BCUT2D eigenvalue weighted by molar-refractivity contribution is 5.81. The Hall–Kier alpha value is -1.26. The van der Waals surface area contributed by atoms with Crippen LogP contribution in [0.5, 0.6) is 0 Å². The van der Waals surface area contributed by atoms with Gasteiger partial charge in [0.1, 0.15) is 0 Å². The molecule has 0 aliphatic rings. The van der Waals surface area contributed by atoms with Gasteiger partial charge in [-0.3, -0.25) is 0 Å². The molecule has 1 atom stereocenters. The maximum Gasteiger partial charge on any atom is 0.328 e. The summed E-state index contributed by atoms with van der Waals surface area (Å²) in [6, 6.07) is -0.810. The fourth-order valence-corrected chi connectivity index (χ4v) is 0.835. The highest BCUT2D eigenvalue weighted by Gasteiger charge is 2.17. The van der Waals surface area contributed by atoms with Crippen molar-refractivity contribution in [3.63, 3.8) is 0 Å². The van der Waals surface area contributed by atoms with Crippen molar-refractivity contribution in [2.75, 3.05) is 0 Å². The van der Waals surface area contributed by atoms with Crippen LogP contribution in [0.25, 0.3) is 0 Å². The summed E-state index contributed by atoms with van der Waals surface area (Å²) in [5.74, 6) is -0.908. The summed E-state index contributed by atoms with van der Waals surface area (Å²) in [6.45, 7) is 3.83. The molecular formula is C7H15N3O2. The highest BCUT2D eigenvalue weighted by Crippen LogP contribution is 2.07. The molecule has 0 spiro atoms. The Morgan fingerprint density at radius 3 is 2.25 bits per heavy atom. The minimum atomic E-state index is -0.989. The third kappa shape index (κ3) is 4.54. The lowest BCUT2D eigenvalue weighted by molar-refractivity contribution is -0.138. The van der Waals surface area contributed by atoms with Crippen LogP contribution in [0, 0.1) is 5.92 Å². The summed E-state index contributed by atoms with van der Waals surface area (Å²) >= 11 is 0. The summed E-state index contributed by atoms with van der Waals surface area (Å²) in [5.41, 5.74) is 10.1. The molecule has 0 fully saturated rings. The van der Waals surface area contributed by atoms with E-state index in [1.807, 2.05) is 13.8 Å². The zero-order chi connectivity index (χ0) is 9.72. The second-order valence-corrected chi connectivity index (χ2v) is 3.04. The van der Waals surface area contributed by atoms with E-state index in [1.165, 1.54) is 0 Å². The summed E-state index contributed by atoms with van der Waals surface area (Å²) in [4.78, 5) is 14.1. The molecule has 5 heteroatoms. The van der Waals surface area contributed by atoms with Gasteiger partial charge in [0, 0.05) is 0 Å². The Morgan fingerprint density at radius 2 is 2.00 bits per heavy atom. The lowest BCUT2D eigenvalue weighted by atomic mass is 10.0. The fraction of sp³-hybridized carbons (Fsp3) is 0.714. The van der Waals surface area contributed by atoms with E-state index in [9.17, 15) is 4.79 Å². The molecule has 0 heterocycles. The number of hydrogen-bond donors (Lipinski definition) is 3. The van der Waals surface area contributed by atoms with E-state index in [4.69, 9.17) is 16.6 Å². The highest BCUT2D eigenvalue weighted by atomic mass is 16.4. The van der Waals surface area contributed by atoms with Gasteiger partial charge < -0.3 is 16.6 Å². The average Bonchev–Trinajstić information content (AvgIpc) is 1.83. The van der Waals surface area contributed by atoms with Crippen LogP contribution >= 0.6 is 0 Å². The number of carbonyl (C=O) groups is 1. The van der Waals surface area contributed by atoms with Crippen molar-refractivity contribution in [3.05, 3.63) is 0 Å². The van der Waals surface area contributed by atoms with Gasteiger partial charge in [0.25, 0.3) is 0 Å². The van der Waals surface area contributed by atoms with E-state index in [0.29, 0.717) is 6.42 Å². The van der Waals surface area contributed by atoms with Crippen molar-refractivity contribution < 1.29 is 9.90 Å². The number of rotatable bonds is 4. The molecule has 0 saturated carbocycles. The van der Waals surface area contributed by atoms with Gasteiger partial charge in [-0.05, 0) is 12.3 Å². The predicted octanol–water partition coefficient (Wildman–Crippen LogP) is -0.241. The predicted molar refractivity (Wildman–Crippen MR) is 46.7 cm³/mol. The molecule has 0 aliphatic heterocycles. The normalized spacial score (nSPS) is 12.6. The molecule has 0 aromatic heterocycles. The maximum absolute atomic E-state index is 10.6. The van der Waals surface area contributed by atoms with Crippen LogP contribution in [0.1, 0.15) is 20.3 Å². The van der Waals surface area contributed by atoms with Crippen LogP contribution in [0.4, 0.5) is 0 Å². The van der Waals surface area contributed by atoms with Crippen molar-refractivity contribution in [3.8, 4) is 0 Å². The van der Waals surface area contributed by atoms with Crippen LogP contribution < -0.4 is 11.5 Å². The molecule has 0 rings (SSSR count).